The zero-order valence-electron chi connectivity index (χ0n) is 19.3. The molecule has 0 unspecified atom stereocenters. The van der Waals surface area contributed by atoms with Crippen LogP contribution < -0.4 is 14.4 Å². The van der Waals surface area contributed by atoms with Crippen LogP contribution in [0.1, 0.15) is 26.7 Å². The van der Waals surface area contributed by atoms with Crippen LogP contribution in [0.5, 0.6) is 11.5 Å². The Morgan fingerprint density at radius 2 is 1.66 bits per heavy atom. The molecule has 0 spiro atoms. The van der Waals surface area contributed by atoms with Crippen molar-refractivity contribution in [1.29, 1.82) is 0 Å². The molecule has 1 aromatic carbocycles. The number of piperazine rings is 1. The Morgan fingerprint density at radius 1 is 1.03 bits per heavy atom. The molecule has 2 aliphatic heterocycles. The topological polar surface area (TPSA) is 79.4 Å². The summed E-state index contributed by atoms with van der Waals surface area (Å²) in [5, 5.41) is 0.00484. The van der Waals surface area contributed by atoms with Gasteiger partial charge in [-0.15, -0.1) is 0 Å². The van der Waals surface area contributed by atoms with E-state index < -0.39 is 6.04 Å². The fourth-order valence-corrected chi connectivity index (χ4v) is 4.88. The van der Waals surface area contributed by atoms with Crippen molar-refractivity contribution in [3.8, 4) is 11.5 Å². The first-order chi connectivity index (χ1) is 15.3. The van der Waals surface area contributed by atoms with Gasteiger partial charge in [0.1, 0.15) is 17.5 Å². The highest BCUT2D eigenvalue weighted by Gasteiger charge is 2.38. The number of amides is 2. The van der Waals surface area contributed by atoms with Crippen LogP contribution in [0.2, 0.25) is 0 Å². The number of carbonyl (C=O) groups excluding carboxylic acids is 3. The van der Waals surface area contributed by atoms with Crippen LogP contribution >= 0.6 is 11.8 Å². The van der Waals surface area contributed by atoms with E-state index in [1.54, 1.807) is 19.1 Å². The number of hydrogen-bond acceptors (Lipinski definition) is 7. The molecule has 2 aliphatic rings. The lowest BCUT2D eigenvalue weighted by Gasteiger charge is -2.38. The van der Waals surface area contributed by atoms with E-state index in [0.29, 0.717) is 44.9 Å². The van der Waals surface area contributed by atoms with Crippen LogP contribution in [-0.4, -0.2) is 85.5 Å². The van der Waals surface area contributed by atoms with Gasteiger partial charge in [0.15, 0.2) is 5.12 Å². The van der Waals surface area contributed by atoms with Crippen LogP contribution in [0.25, 0.3) is 0 Å². The van der Waals surface area contributed by atoms with E-state index in [-0.39, 0.29) is 22.8 Å². The first-order valence-corrected chi connectivity index (χ1v) is 12.0. The van der Waals surface area contributed by atoms with Gasteiger partial charge in [0, 0.05) is 75.2 Å². The minimum Gasteiger partial charge on any atom is -0.497 e. The second kappa shape index (κ2) is 10.9. The molecule has 0 radical (unpaired) electrons. The largest absolute Gasteiger partial charge is 0.497 e. The summed E-state index contributed by atoms with van der Waals surface area (Å²) in [6.07, 6.45) is 1.53. The van der Waals surface area contributed by atoms with Gasteiger partial charge in [-0.1, -0.05) is 18.7 Å². The Bertz CT molecular complexity index is 819. The van der Waals surface area contributed by atoms with Crippen LogP contribution in [0.3, 0.4) is 0 Å². The second-order valence-corrected chi connectivity index (χ2v) is 9.47. The lowest BCUT2D eigenvalue weighted by atomic mass is 10.1. The smallest absolute Gasteiger partial charge is 0.245 e. The van der Waals surface area contributed by atoms with Gasteiger partial charge in [-0.05, 0) is 12.8 Å². The van der Waals surface area contributed by atoms with Gasteiger partial charge in [0.2, 0.25) is 11.8 Å². The maximum atomic E-state index is 13.3. The van der Waals surface area contributed by atoms with Gasteiger partial charge < -0.3 is 24.2 Å². The fraction of sp³-hybridized carbons (Fsp3) is 0.609. The number of methoxy groups -OCH3 is 2. The van der Waals surface area contributed by atoms with Gasteiger partial charge in [-0.2, -0.15) is 0 Å². The normalized spacial score (nSPS) is 19.6. The molecule has 2 fully saturated rings. The molecule has 2 amide bonds. The van der Waals surface area contributed by atoms with Crippen molar-refractivity contribution in [1.82, 2.24) is 9.80 Å². The molecule has 0 saturated carbocycles. The Hall–Kier alpha value is -2.42. The summed E-state index contributed by atoms with van der Waals surface area (Å²) < 4.78 is 10.7. The van der Waals surface area contributed by atoms with Gasteiger partial charge >= 0.3 is 0 Å². The lowest BCUT2D eigenvalue weighted by Crippen LogP contribution is -2.55. The van der Waals surface area contributed by atoms with Crippen molar-refractivity contribution in [2.24, 2.45) is 5.92 Å². The van der Waals surface area contributed by atoms with Crippen LogP contribution in [0.15, 0.2) is 18.2 Å². The predicted octanol–water partition coefficient (Wildman–Crippen LogP) is 2.26. The second-order valence-electron chi connectivity index (χ2n) is 8.28. The van der Waals surface area contributed by atoms with Crippen molar-refractivity contribution < 1.29 is 23.9 Å². The third kappa shape index (κ3) is 5.68. The number of likely N-dealkylation sites (tertiary alicyclic amines) is 1. The van der Waals surface area contributed by atoms with E-state index in [2.05, 4.69) is 4.90 Å². The number of nitrogens with zero attached hydrogens (tertiary/aromatic N) is 3. The maximum absolute atomic E-state index is 13.3. The Labute approximate surface area is 194 Å². The molecular weight excluding hydrogens is 430 g/mol. The van der Waals surface area contributed by atoms with Gasteiger partial charge in [-0.3, -0.25) is 14.4 Å². The molecule has 2 saturated heterocycles. The minimum absolute atomic E-state index is 0.00484. The molecule has 0 bridgehead atoms. The summed E-state index contributed by atoms with van der Waals surface area (Å²) in [7, 11) is 3.26. The quantitative estimate of drug-likeness (QED) is 0.614. The molecule has 2 atom stereocenters. The number of thioether (sulfide) groups is 1. The third-order valence-corrected chi connectivity index (χ3v) is 7.14. The van der Waals surface area contributed by atoms with Crippen molar-refractivity contribution >= 4 is 34.4 Å². The van der Waals surface area contributed by atoms with Crippen molar-refractivity contribution in [3.63, 3.8) is 0 Å². The average Bonchev–Trinajstić information content (AvgIpc) is 3.31. The molecule has 3 rings (SSSR count). The first-order valence-electron chi connectivity index (χ1n) is 11.0. The number of ether oxygens (including phenoxy) is 2. The highest BCUT2D eigenvalue weighted by Crippen LogP contribution is 2.30. The standard InChI is InChI=1S/C23H33N3O5S/c1-16(15-32-17(2)27)22(28)26-7-5-6-21(26)23(29)25-10-8-24(9-11-25)18-12-19(30-3)14-20(13-18)31-4/h12-14,16,21H,5-11,15H2,1-4H3/t16-,21+/m1/s1. The maximum Gasteiger partial charge on any atom is 0.245 e. The van der Waals surface area contributed by atoms with Crippen molar-refractivity contribution in [2.75, 3.05) is 57.6 Å². The molecule has 32 heavy (non-hydrogen) atoms. The van der Waals surface area contributed by atoms with Crippen molar-refractivity contribution in [2.45, 2.75) is 32.7 Å². The number of benzene rings is 1. The summed E-state index contributed by atoms with van der Waals surface area (Å²) in [5.41, 5.74) is 1.00. The monoisotopic (exact) mass is 463 g/mol. The van der Waals surface area contributed by atoms with Gasteiger partial charge in [-0.25, -0.2) is 0 Å². The Morgan fingerprint density at radius 3 is 2.22 bits per heavy atom. The number of carbonyl (C=O) groups is 3. The summed E-state index contributed by atoms with van der Waals surface area (Å²) >= 11 is 1.16. The molecule has 0 N–H and O–H groups in total. The summed E-state index contributed by atoms with van der Waals surface area (Å²) in [4.78, 5) is 43.2. The molecular formula is C23H33N3O5S. The number of hydrogen-bond donors (Lipinski definition) is 0. The van der Waals surface area contributed by atoms with E-state index in [1.165, 1.54) is 6.92 Å². The van der Waals surface area contributed by atoms with E-state index in [9.17, 15) is 14.4 Å². The highest BCUT2D eigenvalue weighted by molar-refractivity contribution is 8.13. The fourth-order valence-electron chi connectivity index (χ4n) is 4.25. The molecule has 1 aromatic rings. The zero-order valence-corrected chi connectivity index (χ0v) is 20.2. The molecule has 0 aromatic heterocycles. The highest BCUT2D eigenvalue weighted by atomic mass is 32.2. The summed E-state index contributed by atoms with van der Waals surface area (Å²) in [6.45, 7) is 6.56. The van der Waals surface area contributed by atoms with Gasteiger partial charge in [0.05, 0.1) is 14.2 Å². The molecule has 0 aliphatic carbocycles. The lowest BCUT2D eigenvalue weighted by molar-refractivity contribution is -0.145. The minimum atomic E-state index is -0.393. The SMILES string of the molecule is COc1cc(OC)cc(N2CCN(C(=O)[C@@H]3CCCN3C(=O)[C@H](C)CSC(C)=O)CC2)c1. The number of anilines is 1. The van der Waals surface area contributed by atoms with Crippen LogP contribution in [0, 0.1) is 5.92 Å². The van der Waals surface area contributed by atoms with E-state index >= 15 is 0 Å². The first kappa shape index (κ1) is 24.2. The summed E-state index contributed by atoms with van der Waals surface area (Å²) in [6, 6.07) is 5.39. The molecule has 9 heteroatoms. The van der Waals surface area contributed by atoms with Gasteiger partial charge in [0.25, 0.3) is 0 Å². The zero-order chi connectivity index (χ0) is 23.3. The Kier molecular flexibility index (Phi) is 8.28. The third-order valence-electron chi connectivity index (χ3n) is 6.07. The van der Waals surface area contributed by atoms with E-state index in [4.69, 9.17) is 9.47 Å². The molecule has 8 nitrogen and oxygen atoms in total. The van der Waals surface area contributed by atoms with Crippen LogP contribution in [0.4, 0.5) is 5.69 Å². The molecule has 2 heterocycles. The predicted molar refractivity (Wildman–Crippen MR) is 125 cm³/mol. The summed E-state index contributed by atoms with van der Waals surface area (Å²) in [5.74, 6) is 1.64. The van der Waals surface area contributed by atoms with E-state index in [0.717, 1.165) is 35.4 Å². The number of rotatable bonds is 7. The van der Waals surface area contributed by atoms with Crippen LogP contribution in [-0.2, 0) is 14.4 Å². The Balaban J connectivity index is 1.60. The van der Waals surface area contributed by atoms with E-state index in [1.807, 2.05) is 30.0 Å². The average molecular weight is 464 g/mol. The molecule has 176 valence electrons. The van der Waals surface area contributed by atoms with Crippen molar-refractivity contribution in [3.05, 3.63) is 18.2 Å².